The molecule has 0 spiro atoms. The summed E-state index contributed by atoms with van der Waals surface area (Å²) in [5.74, 6) is 1.70. The molecule has 72 valence electrons. The maximum atomic E-state index is 11.3. The van der Waals surface area contributed by atoms with Crippen LogP contribution in [-0.2, 0) is 10.8 Å². The van der Waals surface area contributed by atoms with Crippen molar-refractivity contribution in [3.8, 4) is 0 Å². The smallest absolute Gasteiger partial charge is 0.0414 e. The van der Waals surface area contributed by atoms with Gasteiger partial charge in [0.2, 0.25) is 0 Å². The van der Waals surface area contributed by atoms with E-state index >= 15 is 0 Å². The van der Waals surface area contributed by atoms with Crippen molar-refractivity contribution in [2.45, 2.75) is 32.7 Å². The van der Waals surface area contributed by atoms with Crippen LogP contribution >= 0.6 is 0 Å². The van der Waals surface area contributed by atoms with E-state index in [4.69, 9.17) is 0 Å². The molecular weight excluding hydrogens is 170 g/mol. The van der Waals surface area contributed by atoms with Gasteiger partial charge in [0.25, 0.3) is 0 Å². The SMILES string of the molecule is CCCN1CCS(=O)CC1(C)C. The van der Waals surface area contributed by atoms with Gasteiger partial charge in [-0.15, -0.1) is 0 Å². The standard InChI is InChI=1S/C9H19NOS/c1-4-5-10-6-7-12(11)8-9(10,2)3/h4-8H2,1-3H3. The first-order chi connectivity index (χ1) is 5.56. The van der Waals surface area contributed by atoms with E-state index in [0.29, 0.717) is 0 Å². The fourth-order valence-electron chi connectivity index (χ4n) is 1.76. The van der Waals surface area contributed by atoms with Crippen LogP contribution in [0.3, 0.4) is 0 Å². The second-order valence-corrected chi connectivity index (χ2v) is 5.66. The monoisotopic (exact) mass is 189 g/mol. The number of hydrogen-bond acceptors (Lipinski definition) is 2. The maximum absolute atomic E-state index is 11.3. The van der Waals surface area contributed by atoms with Gasteiger partial charge < -0.3 is 0 Å². The molecule has 1 aliphatic heterocycles. The molecule has 0 aliphatic carbocycles. The quantitative estimate of drug-likeness (QED) is 0.651. The minimum Gasteiger partial charge on any atom is -0.296 e. The first-order valence-electron chi connectivity index (χ1n) is 4.66. The Bertz CT molecular complexity index is 179. The zero-order valence-electron chi connectivity index (χ0n) is 8.30. The van der Waals surface area contributed by atoms with Crippen LogP contribution in [0, 0.1) is 0 Å². The average Bonchev–Trinajstić information content (AvgIpc) is 1.94. The summed E-state index contributed by atoms with van der Waals surface area (Å²) in [5, 5.41) is 0. The molecule has 1 rings (SSSR count). The van der Waals surface area contributed by atoms with Crippen LogP contribution in [0.5, 0.6) is 0 Å². The van der Waals surface area contributed by atoms with Gasteiger partial charge in [0.05, 0.1) is 0 Å². The van der Waals surface area contributed by atoms with Gasteiger partial charge in [-0.25, -0.2) is 0 Å². The van der Waals surface area contributed by atoms with Gasteiger partial charge in [-0.1, -0.05) is 6.92 Å². The molecule has 1 saturated heterocycles. The van der Waals surface area contributed by atoms with Crippen LogP contribution in [0.15, 0.2) is 0 Å². The lowest BCUT2D eigenvalue weighted by Crippen LogP contribution is -2.53. The lowest BCUT2D eigenvalue weighted by Gasteiger charge is -2.41. The van der Waals surface area contributed by atoms with Crippen LogP contribution in [0.4, 0.5) is 0 Å². The third kappa shape index (κ3) is 2.30. The van der Waals surface area contributed by atoms with Crippen molar-refractivity contribution in [1.82, 2.24) is 4.90 Å². The summed E-state index contributed by atoms with van der Waals surface area (Å²) in [6.45, 7) is 8.73. The van der Waals surface area contributed by atoms with Gasteiger partial charge in [-0.3, -0.25) is 9.11 Å². The molecule has 1 aliphatic rings. The van der Waals surface area contributed by atoms with Gasteiger partial charge in [-0.05, 0) is 26.8 Å². The van der Waals surface area contributed by atoms with Crippen LogP contribution in [-0.4, -0.2) is 39.2 Å². The Kier molecular flexibility index (Phi) is 3.29. The second kappa shape index (κ2) is 3.88. The van der Waals surface area contributed by atoms with Crippen LogP contribution in [0.25, 0.3) is 0 Å². The average molecular weight is 189 g/mol. The Hall–Kier alpha value is 0.110. The number of rotatable bonds is 2. The molecule has 0 N–H and O–H groups in total. The summed E-state index contributed by atoms with van der Waals surface area (Å²) in [5.41, 5.74) is 0.152. The summed E-state index contributed by atoms with van der Waals surface area (Å²) < 4.78 is 11.3. The number of nitrogens with zero attached hydrogens (tertiary/aromatic N) is 1. The normalized spacial score (nSPS) is 30.4. The zero-order chi connectivity index (χ0) is 9.19. The van der Waals surface area contributed by atoms with Crippen molar-refractivity contribution >= 4 is 10.8 Å². The molecule has 0 aromatic rings. The van der Waals surface area contributed by atoms with Gasteiger partial charge in [-0.2, -0.15) is 0 Å². The van der Waals surface area contributed by atoms with Crippen molar-refractivity contribution < 1.29 is 4.21 Å². The van der Waals surface area contributed by atoms with E-state index < -0.39 is 10.8 Å². The molecule has 1 unspecified atom stereocenters. The van der Waals surface area contributed by atoms with E-state index in [1.807, 2.05) is 0 Å². The summed E-state index contributed by atoms with van der Waals surface area (Å²) in [7, 11) is -0.576. The molecule has 1 fully saturated rings. The van der Waals surface area contributed by atoms with Crippen molar-refractivity contribution in [1.29, 1.82) is 0 Å². The predicted octanol–water partition coefficient (Wildman–Crippen LogP) is 1.24. The summed E-state index contributed by atoms with van der Waals surface area (Å²) in [6, 6.07) is 0. The highest BCUT2D eigenvalue weighted by molar-refractivity contribution is 7.85. The van der Waals surface area contributed by atoms with Crippen molar-refractivity contribution in [3.63, 3.8) is 0 Å². The highest BCUT2D eigenvalue weighted by Crippen LogP contribution is 2.20. The van der Waals surface area contributed by atoms with Crippen LogP contribution in [0.2, 0.25) is 0 Å². The molecular formula is C9H19NOS. The second-order valence-electron chi connectivity index (χ2n) is 4.09. The molecule has 3 heteroatoms. The largest absolute Gasteiger partial charge is 0.296 e. The highest BCUT2D eigenvalue weighted by Gasteiger charge is 2.32. The Labute approximate surface area is 77.8 Å². The molecule has 1 atom stereocenters. The van der Waals surface area contributed by atoms with E-state index in [0.717, 1.165) is 24.6 Å². The third-order valence-electron chi connectivity index (χ3n) is 2.45. The topological polar surface area (TPSA) is 20.3 Å². The molecule has 1 heterocycles. The minimum absolute atomic E-state index is 0.152. The van der Waals surface area contributed by atoms with Crippen LogP contribution < -0.4 is 0 Å². The van der Waals surface area contributed by atoms with Crippen molar-refractivity contribution in [2.24, 2.45) is 0 Å². The molecule has 0 amide bonds. The van der Waals surface area contributed by atoms with E-state index in [1.165, 1.54) is 6.42 Å². The molecule has 0 aromatic carbocycles. The van der Waals surface area contributed by atoms with Crippen molar-refractivity contribution in [3.05, 3.63) is 0 Å². The number of hydrogen-bond donors (Lipinski definition) is 0. The van der Waals surface area contributed by atoms with E-state index in [1.54, 1.807) is 0 Å². The van der Waals surface area contributed by atoms with Gasteiger partial charge >= 0.3 is 0 Å². The molecule has 0 bridgehead atoms. The fourth-order valence-corrected chi connectivity index (χ4v) is 3.30. The lowest BCUT2D eigenvalue weighted by molar-refractivity contribution is 0.142. The Morgan fingerprint density at radius 1 is 1.50 bits per heavy atom. The molecule has 2 nitrogen and oxygen atoms in total. The molecule has 0 saturated carbocycles. The molecule has 0 aromatic heterocycles. The molecule has 0 radical (unpaired) electrons. The first kappa shape index (κ1) is 10.2. The maximum Gasteiger partial charge on any atom is 0.0414 e. The minimum atomic E-state index is -0.576. The Balaban J connectivity index is 2.57. The Morgan fingerprint density at radius 3 is 2.67 bits per heavy atom. The van der Waals surface area contributed by atoms with Crippen molar-refractivity contribution in [2.75, 3.05) is 24.6 Å². The molecule has 12 heavy (non-hydrogen) atoms. The predicted molar refractivity (Wildman–Crippen MR) is 53.8 cm³/mol. The van der Waals surface area contributed by atoms with E-state index in [9.17, 15) is 4.21 Å². The fraction of sp³-hybridized carbons (Fsp3) is 1.00. The lowest BCUT2D eigenvalue weighted by atomic mass is 10.1. The third-order valence-corrected chi connectivity index (χ3v) is 4.12. The van der Waals surface area contributed by atoms with Crippen LogP contribution in [0.1, 0.15) is 27.2 Å². The van der Waals surface area contributed by atoms with Gasteiger partial charge in [0, 0.05) is 34.4 Å². The first-order valence-corrected chi connectivity index (χ1v) is 6.15. The zero-order valence-corrected chi connectivity index (χ0v) is 9.12. The van der Waals surface area contributed by atoms with Gasteiger partial charge in [0.15, 0.2) is 0 Å². The Morgan fingerprint density at radius 2 is 2.17 bits per heavy atom. The summed E-state index contributed by atoms with van der Waals surface area (Å²) in [4.78, 5) is 2.45. The van der Waals surface area contributed by atoms with E-state index in [2.05, 4.69) is 25.7 Å². The highest BCUT2D eigenvalue weighted by atomic mass is 32.2. The summed E-state index contributed by atoms with van der Waals surface area (Å²) >= 11 is 0. The van der Waals surface area contributed by atoms with Gasteiger partial charge in [0.1, 0.15) is 0 Å². The van der Waals surface area contributed by atoms with E-state index in [-0.39, 0.29) is 5.54 Å². The summed E-state index contributed by atoms with van der Waals surface area (Å²) in [6.07, 6.45) is 1.19.